The van der Waals surface area contributed by atoms with Gasteiger partial charge >= 0.3 is 6.09 Å². The number of hydrogen-bond acceptors (Lipinski definition) is 3. The van der Waals surface area contributed by atoms with Crippen molar-refractivity contribution in [3.05, 3.63) is 48.6 Å². The smallest absolute Gasteiger partial charge is 0.412 e. The van der Waals surface area contributed by atoms with Crippen LogP contribution in [0.3, 0.4) is 0 Å². The van der Waals surface area contributed by atoms with Crippen molar-refractivity contribution in [2.45, 2.75) is 12.6 Å². The first-order chi connectivity index (χ1) is 8.31. The lowest BCUT2D eigenvalue weighted by atomic mass is 10.2. The molecule has 0 radical (unpaired) electrons. The van der Waals surface area contributed by atoms with Gasteiger partial charge in [0, 0.05) is 0 Å². The van der Waals surface area contributed by atoms with Gasteiger partial charge in [0.15, 0.2) is 0 Å². The van der Waals surface area contributed by atoms with Gasteiger partial charge in [0.25, 0.3) is 0 Å². The normalized spacial score (nSPS) is 19.1. The van der Waals surface area contributed by atoms with Crippen LogP contribution in [-0.2, 0) is 16.1 Å². The zero-order valence-electron chi connectivity index (χ0n) is 9.54. The first kappa shape index (κ1) is 11.7. The maximum atomic E-state index is 11.8. The minimum Gasteiger partial charge on any atom is -0.444 e. The molecule has 1 aromatic rings. The monoisotopic (exact) mass is 233 g/mol. The number of rotatable bonds is 3. The van der Waals surface area contributed by atoms with Crippen molar-refractivity contribution in [2.75, 3.05) is 13.3 Å². The first-order valence-corrected chi connectivity index (χ1v) is 5.49. The van der Waals surface area contributed by atoms with E-state index in [9.17, 15) is 4.79 Å². The minimum atomic E-state index is -0.365. The number of ether oxygens (including phenoxy) is 2. The fourth-order valence-corrected chi connectivity index (χ4v) is 1.64. The largest absolute Gasteiger partial charge is 0.444 e. The van der Waals surface area contributed by atoms with Crippen molar-refractivity contribution >= 4 is 6.09 Å². The molecule has 0 N–H and O–H groups in total. The Morgan fingerprint density at radius 2 is 2.29 bits per heavy atom. The highest BCUT2D eigenvalue weighted by Gasteiger charge is 2.28. The Morgan fingerprint density at radius 3 is 3.00 bits per heavy atom. The van der Waals surface area contributed by atoms with Gasteiger partial charge in [0.2, 0.25) is 0 Å². The lowest BCUT2D eigenvalue weighted by molar-refractivity contribution is 0.0785. The van der Waals surface area contributed by atoms with E-state index in [4.69, 9.17) is 9.47 Å². The molecule has 0 bridgehead atoms. The van der Waals surface area contributed by atoms with Crippen LogP contribution < -0.4 is 0 Å². The number of nitrogens with zero attached hydrogens (tertiary/aromatic N) is 1. The van der Waals surface area contributed by atoms with Crippen LogP contribution >= 0.6 is 0 Å². The third-order valence-corrected chi connectivity index (χ3v) is 2.63. The molecule has 1 aliphatic heterocycles. The molecule has 4 heteroatoms. The number of benzene rings is 1. The molecule has 0 spiro atoms. The summed E-state index contributed by atoms with van der Waals surface area (Å²) < 4.78 is 10.4. The Bertz CT molecular complexity index is 391. The summed E-state index contributed by atoms with van der Waals surface area (Å²) in [5.41, 5.74) is 0.969. The Labute approximate surface area is 100 Å². The molecular weight excluding hydrogens is 218 g/mol. The van der Waals surface area contributed by atoms with Crippen LogP contribution in [0.2, 0.25) is 0 Å². The van der Waals surface area contributed by atoms with Crippen molar-refractivity contribution < 1.29 is 14.3 Å². The summed E-state index contributed by atoms with van der Waals surface area (Å²) in [7, 11) is 0. The molecular formula is C13H15NO3. The molecule has 2 rings (SSSR count). The van der Waals surface area contributed by atoms with Crippen LogP contribution in [0, 0.1) is 0 Å². The van der Waals surface area contributed by atoms with Gasteiger partial charge in [-0.05, 0) is 5.56 Å². The molecule has 1 heterocycles. The van der Waals surface area contributed by atoms with E-state index in [0.29, 0.717) is 6.61 Å². The van der Waals surface area contributed by atoms with E-state index in [1.165, 1.54) is 4.90 Å². The number of hydrogen-bond donors (Lipinski definition) is 0. The summed E-state index contributed by atoms with van der Waals surface area (Å²) in [6.07, 6.45) is 1.33. The molecule has 1 saturated heterocycles. The fourth-order valence-electron chi connectivity index (χ4n) is 1.64. The van der Waals surface area contributed by atoms with Crippen molar-refractivity contribution in [3.8, 4) is 0 Å². The summed E-state index contributed by atoms with van der Waals surface area (Å²) in [4.78, 5) is 13.3. The van der Waals surface area contributed by atoms with Gasteiger partial charge in [-0.3, -0.25) is 4.90 Å². The second kappa shape index (κ2) is 5.50. The molecule has 1 atom stereocenters. The van der Waals surface area contributed by atoms with Crippen LogP contribution in [-0.4, -0.2) is 30.4 Å². The highest BCUT2D eigenvalue weighted by atomic mass is 16.6. The standard InChI is InChI=1S/C13H15NO3/c1-2-12-9-16-10-14(12)13(15)17-8-11-6-4-3-5-7-11/h2-7,12H,1,8-10H2. The number of amides is 1. The molecule has 0 saturated carbocycles. The molecule has 4 nitrogen and oxygen atoms in total. The van der Waals surface area contributed by atoms with Gasteiger partial charge in [-0.2, -0.15) is 0 Å². The number of carbonyl (C=O) groups is 1. The molecule has 1 fully saturated rings. The summed E-state index contributed by atoms with van der Waals surface area (Å²) in [5.74, 6) is 0. The van der Waals surface area contributed by atoms with E-state index < -0.39 is 0 Å². The second-order valence-corrected chi connectivity index (χ2v) is 3.81. The molecule has 1 unspecified atom stereocenters. The molecule has 17 heavy (non-hydrogen) atoms. The SMILES string of the molecule is C=CC1COCN1C(=O)OCc1ccccc1. The third kappa shape index (κ3) is 2.85. The second-order valence-electron chi connectivity index (χ2n) is 3.81. The van der Waals surface area contributed by atoms with Gasteiger partial charge < -0.3 is 9.47 Å². The van der Waals surface area contributed by atoms with E-state index in [-0.39, 0.29) is 25.5 Å². The average molecular weight is 233 g/mol. The lowest BCUT2D eigenvalue weighted by Crippen LogP contribution is -2.35. The molecule has 90 valence electrons. The lowest BCUT2D eigenvalue weighted by Gasteiger charge is -2.19. The van der Waals surface area contributed by atoms with E-state index in [2.05, 4.69) is 6.58 Å². The summed E-state index contributed by atoms with van der Waals surface area (Å²) in [6, 6.07) is 9.49. The third-order valence-electron chi connectivity index (χ3n) is 2.63. The summed E-state index contributed by atoms with van der Waals surface area (Å²) in [5, 5.41) is 0. The van der Waals surface area contributed by atoms with Crippen molar-refractivity contribution in [1.29, 1.82) is 0 Å². The summed E-state index contributed by atoms with van der Waals surface area (Å²) >= 11 is 0. The highest BCUT2D eigenvalue weighted by molar-refractivity contribution is 5.68. The zero-order chi connectivity index (χ0) is 12.1. The van der Waals surface area contributed by atoms with Crippen molar-refractivity contribution in [3.63, 3.8) is 0 Å². The fraction of sp³-hybridized carbons (Fsp3) is 0.308. The van der Waals surface area contributed by atoms with Gasteiger partial charge in [-0.15, -0.1) is 6.58 Å². The van der Waals surface area contributed by atoms with Crippen LogP contribution in [0.25, 0.3) is 0 Å². The molecule has 0 aliphatic carbocycles. The van der Waals surface area contributed by atoms with Crippen molar-refractivity contribution in [2.24, 2.45) is 0 Å². The van der Waals surface area contributed by atoms with Gasteiger partial charge in [0.1, 0.15) is 13.3 Å². The quantitative estimate of drug-likeness (QED) is 0.751. The average Bonchev–Trinajstić information content (AvgIpc) is 2.85. The predicted molar refractivity (Wildman–Crippen MR) is 63.3 cm³/mol. The zero-order valence-corrected chi connectivity index (χ0v) is 9.54. The minimum absolute atomic E-state index is 0.0849. The summed E-state index contributed by atoms with van der Waals surface area (Å²) in [6.45, 7) is 4.70. The molecule has 1 aliphatic rings. The van der Waals surface area contributed by atoms with Crippen molar-refractivity contribution in [1.82, 2.24) is 4.90 Å². The van der Waals surface area contributed by atoms with E-state index in [1.807, 2.05) is 30.3 Å². The maximum Gasteiger partial charge on any atom is 0.412 e. The Kier molecular flexibility index (Phi) is 3.77. The highest BCUT2D eigenvalue weighted by Crippen LogP contribution is 2.12. The Balaban J connectivity index is 1.87. The first-order valence-electron chi connectivity index (χ1n) is 5.49. The van der Waals surface area contributed by atoms with Gasteiger partial charge in [-0.25, -0.2) is 4.79 Å². The van der Waals surface area contributed by atoms with Crippen LogP contribution in [0.1, 0.15) is 5.56 Å². The number of carbonyl (C=O) groups excluding carboxylic acids is 1. The molecule has 1 amide bonds. The van der Waals surface area contributed by atoms with Crippen LogP contribution in [0.5, 0.6) is 0 Å². The molecule has 1 aromatic carbocycles. The predicted octanol–water partition coefficient (Wildman–Crippen LogP) is 2.17. The van der Waals surface area contributed by atoms with E-state index in [0.717, 1.165) is 5.56 Å². The van der Waals surface area contributed by atoms with Crippen LogP contribution in [0.15, 0.2) is 43.0 Å². The molecule has 0 aromatic heterocycles. The van der Waals surface area contributed by atoms with Crippen LogP contribution in [0.4, 0.5) is 4.79 Å². The van der Waals surface area contributed by atoms with Gasteiger partial charge in [-0.1, -0.05) is 36.4 Å². The maximum absolute atomic E-state index is 11.8. The Morgan fingerprint density at radius 1 is 1.53 bits per heavy atom. The topological polar surface area (TPSA) is 38.8 Å². The van der Waals surface area contributed by atoms with E-state index >= 15 is 0 Å². The van der Waals surface area contributed by atoms with Gasteiger partial charge in [0.05, 0.1) is 12.6 Å². The Hall–Kier alpha value is -1.81. The van der Waals surface area contributed by atoms with E-state index in [1.54, 1.807) is 6.08 Å².